The number of amides is 1. The molecule has 7 heteroatoms. The van der Waals surface area contributed by atoms with Gasteiger partial charge in [0, 0.05) is 17.8 Å². The summed E-state index contributed by atoms with van der Waals surface area (Å²) < 4.78 is 6.05. The number of aryl methyl sites for hydroxylation is 1. The maximum atomic E-state index is 12.9. The fourth-order valence-electron chi connectivity index (χ4n) is 3.43. The molecule has 0 spiro atoms. The number of nitrogens with zero attached hydrogens (tertiary/aromatic N) is 3. The van der Waals surface area contributed by atoms with Gasteiger partial charge in [-0.2, -0.15) is 9.64 Å². The number of fused-ring (bicyclic) bond motifs is 1. The maximum absolute atomic E-state index is 12.9. The van der Waals surface area contributed by atoms with Crippen molar-refractivity contribution >= 4 is 33.7 Å². The van der Waals surface area contributed by atoms with Crippen LogP contribution in [0.3, 0.4) is 0 Å². The number of nitriles is 1. The highest BCUT2D eigenvalue weighted by atomic mass is 32.1. The zero-order valence-electron chi connectivity index (χ0n) is 16.4. The summed E-state index contributed by atoms with van der Waals surface area (Å²) in [5.41, 5.74) is 4.31. The van der Waals surface area contributed by atoms with Crippen molar-refractivity contribution in [3.8, 4) is 6.07 Å². The van der Waals surface area contributed by atoms with Gasteiger partial charge in [-0.25, -0.2) is 0 Å². The van der Waals surface area contributed by atoms with E-state index in [1.165, 1.54) is 0 Å². The highest BCUT2D eigenvalue weighted by Gasteiger charge is 2.24. The molecule has 6 nitrogen and oxygen atoms in total. The van der Waals surface area contributed by atoms with Crippen molar-refractivity contribution in [3.63, 3.8) is 0 Å². The molecule has 0 aliphatic carbocycles. The normalized spacial score (nSPS) is 11.8. The predicted molar refractivity (Wildman–Crippen MR) is 116 cm³/mol. The first-order chi connectivity index (χ1) is 14.5. The summed E-state index contributed by atoms with van der Waals surface area (Å²) in [6, 6.07) is 18.5. The molecule has 4 rings (SSSR count). The molecule has 0 bridgehead atoms. The Hall–Kier alpha value is -3.76. The van der Waals surface area contributed by atoms with E-state index in [0.29, 0.717) is 21.6 Å². The van der Waals surface area contributed by atoms with Gasteiger partial charge in [0.25, 0.3) is 11.7 Å². The van der Waals surface area contributed by atoms with Crippen LogP contribution in [0.2, 0.25) is 0 Å². The van der Waals surface area contributed by atoms with Gasteiger partial charge in [0.1, 0.15) is 5.00 Å². The molecule has 0 saturated carbocycles. The van der Waals surface area contributed by atoms with Crippen molar-refractivity contribution in [3.05, 3.63) is 88.9 Å². The third-order valence-corrected chi connectivity index (χ3v) is 5.80. The van der Waals surface area contributed by atoms with Gasteiger partial charge >= 0.3 is 0 Å². The summed E-state index contributed by atoms with van der Waals surface area (Å²) in [5.74, 6) is -1.32. The first kappa shape index (κ1) is 19.6. The molecule has 0 aliphatic rings. The molecule has 0 aliphatic heterocycles. The smallest absolute Gasteiger partial charge is 0.297 e. The van der Waals surface area contributed by atoms with Crippen LogP contribution in [0.5, 0.6) is 0 Å². The van der Waals surface area contributed by atoms with Crippen molar-refractivity contribution in [1.82, 2.24) is 8.77 Å². The van der Waals surface area contributed by atoms with E-state index >= 15 is 0 Å². The van der Waals surface area contributed by atoms with Crippen LogP contribution in [-0.2, 0) is 4.79 Å². The van der Waals surface area contributed by atoms with E-state index < -0.39 is 11.7 Å². The highest BCUT2D eigenvalue weighted by molar-refractivity contribution is 7.10. The Bertz CT molecular complexity index is 1290. The number of rotatable bonds is 5. The number of benzene rings is 1. The first-order valence-electron chi connectivity index (χ1n) is 9.37. The Morgan fingerprint density at radius 1 is 1.17 bits per heavy atom. The molecule has 3 heterocycles. The van der Waals surface area contributed by atoms with Crippen molar-refractivity contribution in [1.29, 1.82) is 5.26 Å². The lowest BCUT2D eigenvalue weighted by atomic mass is 9.96. The number of carbonyl (C=O) groups excluding carboxylic acids is 2. The Kier molecular flexibility index (Phi) is 5.17. The van der Waals surface area contributed by atoms with E-state index in [-0.39, 0.29) is 5.92 Å². The third kappa shape index (κ3) is 3.61. The second kappa shape index (κ2) is 7.93. The average molecular weight is 414 g/mol. The van der Waals surface area contributed by atoms with Gasteiger partial charge in [0.15, 0.2) is 0 Å². The average Bonchev–Trinajstić information content (AvgIpc) is 3.36. The summed E-state index contributed by atoms with van der Waals surface area (Å²) >= 11 is 1.14. The van der Waals surface area contributed by atoms with Gasteiger partial charge < -0.3 is 9.72 Å². The van der Waals surface area contributed by atoms with Crippen LogP contribution < -0.4 is 5.32 Å². The molecule has 3 aromatic heterocycles. The number of pyridine rings is 1. The summed E-state index contributed by atoms with van der Waals surface area (Å²) in [6.45, 7) is 3.86. The van der Waals surface area contributed by atoms with E-state index in [1.54, 1.807) is 24.3 Å². The van der Waals surface area contributed by atoms with Crippen LogP contribution >= 0.6 is 11.5 Å². The topological polar surface area (TPSA) is 87.3 Å². The van der Waals surface area contributed by atoms with Crippen molar-refractivity contribution < 1.29 is 9.59 Å². The highest BCUT2D eigenvalue weighted by Crippen LogP contribution is 2.29. The Labute approximate surface area is 177 Å². The van der Waals surface area contributed by atoms with Crippen LogP contribution in [-0.4, -0.2) is 20.5 Å². The van der Waals surface area contributed by atoms with Crippen LogP contribution in [0, 0.1) is 18.3 Å². The molecule has 0 saturated heterocycles. The number of hydrogen-bond donors (Lipinski definition) is 1. The second-order valence-electron chi connectivity index (χ2n) is 7.01. The number of nitrogens with one attached hydrogen (secondary N) is 1. The zero-order chi connectivity index (χ0) is 21.3. The maximum Gasteiger partial charge on any atom is 0.297 e. The Morgan fingerprint density at radius 3 is 2.60 bits per heavy atom. The fourth-order valence-corrected chi connectivity index (χ4v) is 4.08. The molecule has 1 aromatic carbocycles. The molecule has 1 N–H and O–H groups in total. The lowest BCUT2D eigenvalue weighted by molar-refractivity contribution is -0.112. The molecular weight excluding hydrogens is 396 g/mol. The minimum Gasteiger partial charge on any atom is -0.320 e. The molecule has 1 atom stereocenters. The Morgan fingerprint density at radius 2 is 1.93 bits per heavy atom. The molecule has 4 aromatic rings. The molecule has 1 amide bonds. The van der Waals surface area contributed by atoms with E-state index in [4.69, 9.17) is 5.26 Å². The number of ketones is 1. The van der Waals surface area contributed by atoms with Gasteiger partial charge in [-0.1, -0.05) is 25.1 Å². The number of anilines is 1. The van der Waals surface area contributed by atoms with Crippen LogP contribution in [0.15, 0.2) is 60.8 Å². The molecule has 148 valence electrons. The second-order valence-corrected chi connectivity index (χ2v) is 7.82. The van der Waals surface area contributed by atoms with Crippen LogP contribution in [0.4, 0.5) is 5.00 Å². The van der Waals surface area contributed by atoms with Crippen molar-refractivity contribution in [2.45, 2.75) is 19.8 Å². The number of hydrogen-bond acceptors (Lipinski definition) is 5. The lowest BCUT2D eigenvalue weighted by Gasteiger charge is -2.12. The van der Waals surface area contributed by atoms with Gasteiger partial charge in [-0.3, -0.25) is 9.59 Å². The molecule has 1 unspecified atom stereocenters. The number of carbonyl (C=O) groups is 2. The standard InChI is InChI=1S/C23H18N4O2S/c1-14-11-21(30-26-14)25-23(29)22(28)18-12-20(27-10-4-3-5-19(18)27)15(2)17-8-6-16(13-24)7-9-17/h3-12,15H,1-2H3,(H,25,29). The summed E-state index contributed by atoms with van der Waals surface area (Å²) in [5, 5.41) is 12.2. The van der Waals surface area contributed by atoms with Crippen LogP contribution in [0.25, 0.3) is 5.52 Å². The largest absolute Gasteiger partial charge is 0.320 e. The third-order valence-electron chi connectivity index (χ3n) is 5.01. The number of Topliss-reactive ketones (excluding diaryl/α,β-unsaturated/α-hetero) is 1. The lowest BCUT2D eigenvalue weighted by Crippen LogP contribution is -2.22. The summed E-state index contributed by atoms with van der Waals surface area (Å²) in [7, 11) is 0. The van der Waals surface area contributed by atoms with Gasteiger partial charge in [-0.15, -0.1) is 0 Å². The monoisotopic (exact) mass is 414 g/mol. The Balaban J connectivity index is 1.70. The van der Waals surface area contributed by atoms with Gasteiger partial charge in [0.05, 0.1) is 28.4 Å². The fraction of sp³-hybridized carbons (Fsp3) is 0.130. The van der Waals surface area contributed by atoms with E-state index in [9.17, 15) is 9.59 Å². The van der Waals surface area contributed by atoms with Crippen molar-refractivity contribution in [2.24, 2.45) is 0 Å². The van der Waals surface area contributed by atoms with Crippen LogP contribution in [0.1, 0.15) is 45.7 Å². The molecule has 0 fully saturated rings. The number of aromatic nitrogens is 2. The van der Waals surface area contributed by atoms with Gasteiger partial charge in [-0.05, 0) is 60.4 Å². The quantitative estimate of drug-likeness (QED) is 0.383. The SMILES string of the molecule is Cc1cc(NC(=O)C(=O)c2cc(C(C)c3ccc(C#N)cc3)n3ccccc23)sn1. The first-order valence-corrected chi connectivity index (χ1v) is 10.1. The molecule has 30 heavy (non-hydrogen) atoms. The summed E-state index contributed by atoms with van der Waals surface area (Å²) in [4.78, 5) is 25.5. The van der Waals surface area contributed by atoms with E-state index in [1.807, 2.05) is 54.8 Å². The minimum absolute atomic E-state index is 0.0404. The van der Waals surface area contributed by atoms with Gasteiger partial charge in [0.2, 0.25) is 0 Å². The zero-order valence-corrected chi connectivity index (χ0v) is 17.2. The van der Waals surface area contributed by atoms with Crippen molar-refractivity contribution in [2.75, 3.05) is 5.32 Å². The molecule has 0 radical (unpaired) electrons. The predicted octanol–water partition coefficient (Wildman–Crippen LogP) is 4.55. The van der Waals surface area contributed by atoms with E-state index in [2.05, 4.69) is 15.8 Å². The summed E-state index contributed by atoms with van der Waals surface area (Å²) in [6.07, 6.45) is 1.88. The molecular formula is C23H18N4O2S. The minimum atomic E-state index is -0.687. The van der Waals surface area contributed by atoms with E-state index in [0.717, 1.165) is 28.5 Å².